The number of benzene rings is 1. The lowest BCUT2D eigenvalue weighted by Crippen LogP contribution is -2.05. The summed E-state index contributed by atoms with van der Waals surface area (Å²) in [7, 11) is 0. The molecule has 0 unspecified atom stereocenters. The highest BCUT2D eigenvalue weighted by molar-refractivity contribution is 5.91. The fraction of sp³-hybridized carbons (Fsp3) is 0.471. The molecule has 3 nitrogen and oxygen atoms in total. The number of aromatic carboxylic acids is 1. The van der Waals surface area contributed by atoms with Crippen LogP contribution >= 0.6 is 0 Å². The third-order valence-electron chi connectivity index (χ3n) is 3.13. The molecule has 0 heterocycles. The lowest BCUT2D eigenvalue weighted by atomic mass is 10.1. The number of ether oxygens (including phenoxy) is 1. The minimum Gasteiger partial charge on any atom is -0.493 e. The molecule has 0 radical (unpaired) electrons. The minimum atomic E-state index is -1.01. The van der Waals surface area contributed by atoms with Crippen molar-refractivity contribution in [3.63, 3.8) is 0 Å². The van der Waals surface area contributed by atoms with Crippen molar-refractivity contribution < 1.29 is 14.6 Å². The Hall–Kier alpha value is -1.95. The molecular weight excluding hydrogens is 252 g/mol. The van der Waals surface area contributed by atoms with Gasteiger partial charge in [-0.05, 0) is 24.6 Å². The first kappa shape index (κ1) is 16.1. The molecule has 108 valence electrons. The molecule has 0 atom stereocenters. The van der Waals surface area contributed by atoms with Crippen LogP contribution in [0.15, 0.2) is 18.2 Å². The quantitative estimate of drug-likeness (QED) is 0.544. The van der Waals surface area contributed by atoms with Crippen molar-refractivity contribution in [2.45, 2.75) is 45.4 Å². The van der Waals surface area contributed by atoms with E-state index < -0.39 is 5.97 Å². The van der Waals surface area contributed by atoms with Gasteiger partial charge in [-0.3, -0.25) is 0 Å². The highest BCUT2D eigenvalue weighted by atomic mass is 16.5. The number of rotatable bonds is 9. The van der Waals surface area contributed by atoms with Crippen LogP contribution in [0.4, 0.5) is 0 Å². The zero-order chi connectivity index (χ0) is 14.8. The Bertz CT molecular complexity index is 472. The average Bonchev–Trinajstić information content (AvgIpc) is 2.46. The molecule has 1 rings (SSSR count). The normalized spacial score (nSPS) is 10.0. The van der Waals surface area contributed by atoms with Gasteiger partial charge in [0.1, 0.15) is 11.3 Å². The van der Waals surface area contributed by atoms with Gasteiger partial charge in [-0.2, -0.15) is 0 Å². The highest BCUT2D eigenvalue weighted by Gasteiger charge is 2.11. The maximum absolute atomic E-state index is 11.1. The molecule has 3 heteroatoms. The summed E-state index contributed by atoms with van der Waals surface area (Å²) >= 11 is 0. The summed E-state index contributed by atoms with van der Waals surface area (Å²) < 4.78 is 5.56. The van der Waals surface area contributed by atoms with E-state index in [0.29, 0.717) is 17.9 Å². The summed E-state index contributed by atoms with van der Waals surface area (Å²) in [5.74, 6) is 1.81. The highest BCUT2D eigenvalue weighted by Crippen LogP contribution is 2.20. The number of carbonyl (C=O) groups is 1. The summed E-state index contributed by atoms with van der Waals surface area (Å²) in [6, 6.07) is 4.80. The van der Waals surface area contributed by atoms with Crippen molar-refractivity contribution in [1.29, 1.82) is 0 Å². The molecule has 0 bridgehead atoms. The lowest BCUT2D eigenvalue weighted by molar-refractivity contribution is 0.0692. The largest absolute Gasteiger partial charge is 0.493 e. The molecule has 0 amide bonds. The molecule has 1 N–H and O–H groups in total. The third-order valence-corrected chi connectivity index (χ3v) is 3.13. The second kappa shape index (κ2) is 9.03. The Morgan fingerprint density at radius 2 is 1.95 bits per heavy atom. The number of hydrogen-bond acceptors (Lipinski definition) is 2. The van der Waals surface area contributed by atoms with Gasteiger partial charge < -0.3 is 9.84 Å². The summed E-state index contributed by atoms with van der Waals surface area (Å²) in [6.45, 7) is 2.73. The van der Waals surface area contributed by atoms with Crippen LogP contribution in [-0.4, -0.2) is 17.7 Å². The van der Waals surface area contributed by atoms with Gasteiger partial charge in [-0.15, -0.1) is 6.42 Å². The Balaban J connectivity index is 2.44. The molecule has 1 aromatic rings. The number of carboxylic acids is 1. The molecule has 0 aliphatic rings. The topological polar surface area (TPSA) is 46.5 Å². The summed E-state index contributed by atoms with van der Waals surface area (Å²) in [4.78, 5) is 11.1. The predicted octanol–water partition coefficient (Wildman–Crippen LogP) is 4.11. The van der Waals surface area contributed by atoms with Crippen LogP contribution in [0.25, 0.3) is 0 Å². The van der Waals surface area contributed by atoms with E-state index in [1.54, 1.807) is 12.1 Å². The Labute approximate surface area is 121 Å². The molecule has 0 aliphatic carbocycles. The van der Waals surface area contributed by atoms with Crippen LogP contribution in [0.1, 0.15) is 61.4 Å². The van der Waals surface area contributed by atoms with Gasteiger partial charge in [0.2, 0.25) is 0 Å². The van der Waals surface area contributed by atoms with Crippen LogP contribution in [0.5, 0.6) is 5.75 Å². The molecule has 20 heavy (non-hydrogen) atoms. The fourth-order valence-electron chi connectivity index (χ4n) is 1.98. The Morgan fingerprint density at radius 1 is 1.25 bits per heavy atom. The molecule has 0 aliphatic heterocycles. The zero-order valence-electron chi connectivity index (χ0n) is 12.0. The summed E-state index contributed by atoms with van der Waals surface area (Å²) in [5.41, 5.74) is 0.681. The van der Waals surface area contributed by atoms with E-state index in [0.717, 1.165) is 12.8 Å². The number of hydrogen-bond donors (Lipinski definition) is 1. The van der Waals surface area contributed by atoms with E-state index in [4.69, 9.17) is 16.3 Å². The van der Waals surface area contributed by atoms with Gasteiger partial charge in [0.05, 0.1) is 6.61 Å². The van der Waals surface area contributed by atoms with E-state index >= 15 is 0 Å². The molecule has 0 saturated carbocycles. The maximum Gasteiger partial charge on any atom is 0.339 e. The van der Waals surface area contributed by atoms with Crippen LogP contribution in [0.3, 0.4) is 0 Å². The number of carboxylic acid groups (broad SMARTS) is 1. The molecule has 0 saturated heterocycles. The first-order valence-corrected chi connectivity index (χ1v) is 7.15. The van der Waals surface area contributed by atoms with Crippen LogP contribution in [-0.2, 0) is 0 Å². The first-order valence-electron chi connectivity index (χ1n) is 7.15. The zero-order valence-corrected chi connectivity index (χ0v) is 12.0. The Morgan fingerprint density at radius 3 is 2.60 bits per heavy atom. The van der Waals surface area contributed by atoms with Crippen LogP contribution < -0.4 is 4.74 Å². The summed E-state index contributed by atoms with van der Waals surface area (Å²) in [6.07, 6.45) is 12.3. The van der Waals surface area contributed by atoms with Gasteiger partial charge in [0.25, 0.3) is 0 Å². The Kier molecular flexibility index (Phi) is 7.27. The molecule has 0 aromatic heterocycles. The van der Waals surface area contributed by atoms with Crippen molar-refractivity contribution >= 4 is 5.97 Å². The second-order valence-electron chi connectivity index (χ2n) is 4.78. The van der Waals surface area contributed by atoms with Gasteiger partial charge >= 0.3 is 5.97 Å². The third kappa shape index (κ3) is 5.36. The van der Waals surface area contributed by atoms with Crippen LogP contribution in [0, 0.1) is 12.3 Å². The van der Waals surface area contributed by atoms with Crippen molar-refractivity contribution in [3.05, 3.63) is 29.3 Å². The van der Waals surface area contributed by atoms with Gasteiger partial charge in [-0.1, -0.05) is 44.9 Å². The number of unbranched alkanes of at least 4 members (excludes halogenated alkanes) is 5. The smallest absolute Gasteiger partial charge is 0.339 e. The van der Waals surface area contributed by atoms with E-state index in [1.165, 1.54) is 31.7 Å². The van der Waals surface area contributed by atoms with Crippen LogP contribution in [0.2, 0.25) is 0 Å². The average molecular weight is 274 g/mol. The molecule has 1 aromatic carbocycles. The fourth-order valence-corrected chi connectivity index (χ4v) is 1.98. The lowest BCUT2D eigenvalue weighted by Gasteiger charge is -2.09. The van der Waals surface area contributed by atoms with E-state index in [-0.39, 0.29) is 5.56 Å². The first-order chi connectivity index (χ1) is 9.69. The van der Waals surface area contributed by atoms with E-state index in [1.807, 2.05) is 0 Å². The van der Waals surface area contributed by atoms with E-state index in [2.05, 4.69) is 12.8 Å². The van der Waals surface area contributed by atoms with Crippen molar-refractivity contribution in [2.75, 3.05) is 6.61 Å². The predicted molar refractivity (Wildman–Crippen MR) is 80.2 cm³/mol. The van der Waals surface area contributed by atoms with Gasteiger partial charge in [-0.25, -0.2) is 4.79 Å². The SMILES string of the molecule is C#Cc1ccc(OCCCCCCCC)c(C(=O)O)c1. The molecular formula is C17H22O3. The second-order valence-corrected chi connectivity index (χ2v) is 4.78. The van der Waals surface area contributed by atoms with Crippen molar-refractivity contribution in [3.8, 4) is 18.1 Å². The standard InChI is InChI=1S/C17H22O3/c1-3-5-6-7-8-9-12-20-16-11-10-14(4-2)13-15(16)17(18)19/h2,10-11,13H,3,5-9,12H2,1H3,(H,18,19). The molecule has 0 spiro atoms. The molecule has 0 fully saturated rings. The van der Waals surface area contributed by atoms with Crippen molar-refractivity contribution in [2.24, 2.45) is 0 Å². The number of terminal acetylenes is 1. The monoisotopic (exact) mass is 274 g/mol. The van der Waals surface area contributed by atoms with Gasteiger partial charge in [0, 0.05) is 5.56 Å². The maximum atomic E-state index is 11.1. The van der Waals surface area contributed by atoms with Gasteiger partial charge in [0.15, 0.2) is 0 Å². The minimum absolute atomic E-state index is 0.131. The van der Waals surface area contributed by atoms with E-state index in [9.17, 15) is 4.79 Å². The summed E-state index contributed by atoms with van der Waals surface area (Å²) in [5, 5.41) is 9.14. The van der Waals surface area contributed by atoms with Crippen molar-refractivity contribution in [1.82, 2.24) is 0 Å².